The van der Waals surface area contributed by atoms with Crippen LogP contribution < -0.4 is 5.73 Å². The first-order chi connectivity index (χ1) is 10.2. The number of nitrogens with zero attached hydrogens (tertiary/aromatic N) is 2. The number of carbonyl (C=O) groups excluding carboxylic acids is 1. The van der Waals surface area contributed by atoms with Gasteiger partial charge in [-0.1, -0.05) is 31.2 Å². The van der Waals surface area contributed by atoms with Gasteiger partial charge in [-0.25, -0.2) is 4.98 Å². The van der Waals surface area contributed by atoms with Gasteiger partial charge in [0.15, 0.2) is 0 Å². The predicted molar refractivity (Wildman–Crippen MR) is 82.1 cm³/mol. The molecule has 5 nitrogen and oxygen atoms in total. The molecule has 2 N–H and O–H groups in total. The molecule has 1 aliphatic heterocycles. The molecule has 1 saturated heterocycles. The van der Waals surface area contributed by atoms with E-state index in [2.05, 4.69) is 11.9 Å². The molecule has 110 valence electrons. The normalized spacial score (nSPS) is 18.9. The van der Waals surface area contributed by atoms with Crippen LogP contribution in [0.25, 0.3) is 10.8 Å². The molecule has 1 amide bonds. The molecule has 1 aliphatic rings. The van der Waals surface area contributed by atoms with E-state index in [0.717, 1.165) is 17.2 Å². The quantitative estimate of drug-likeness (QED) is 0.917. The Hall–Kier alpha value is -2.14. The van der Waals surface area contributed by atoms with Crippen LogP contribution in [0, 0.1) is 0 Å². The van der Waals surface area contributed by atoms with E-state index >= 15 is 0 Å². The van der Waals surface area contributed by atoms with E-state index in [0.29, 0.717) is 31.1 Å². The number of hydrogen-bond acceptors (Lipinski definition) is 4. The van der Waals surface area contributed by atoms with Gasteiger partial charge in [-0.05, 0) is 11.8 Å². The summed E-state index contributed by atoms with van der Waals surface area (Å²) in [6.07, 6.45) is 2.47. The molecule has 3 rings (SSSR count). The van der Waals surface area contributed by atoms with Crippen LogP contribution >= 0.6 is 0 Å². The second-order valence-electron chi connectivity index (χ2n) is 5.24. The maximum absolute atomic E-state index is 12.9. The highest BCUT2D eigenvalue weighted by atomic mass is 16.5. The van der Waals surface area contributed by atoms with Crippen LogP contribution in [-0.4, -0.2) is 41.6 Å². The summed E-state index contributed by atoms with van der Waals surface area (Å²) in [6.45, 7) is 3.88. The molecule has 1 atom stereocenters. The Morgan fingerprint density at radius 1 is 1.43 bits per heavy atom. The van der Waals surface area contributed by atoms with Crippen molar-refractivity contribution in [1.29, 1.82) is 0 Å². The van der Waals surface area contributed by atoms with Crippen LogP contribution in [0.3, 0.4) is 0 Å². The summed E-state index contributed by atoms with van der Waals surface area (Å²) in [4.78, 5) is 18.9. The number of nitrogen functional groups attached to an aromatic ring is 1. The second-order valence-corrected chi connectivity index (χ2v) is 5.24. The van der Waals surface area contributed by atoms with Gasteiger partial charge in [0.05, 0.1) is 24.8 Å². The van der Waals surface area contributed by atoms with Crippen LogP contribution in [0.15, 0.2) is 30.5 Å². The number of morpholine rings is 1. The van der Waals surface area contributed by atoms with Crippen LogP contribution in [0.4, 0.5) is 5.82 Å². The fourth-order valence-electron chi connectivity index (χ4n) is 2.80. The van der Waals surface area contributed by atoms with Crippen molar-refractivity contribution in [3.63, 3.8) is 0 Å². The van der Waals surface area contributed by atoms with Crippen molar-refractivity contribution in [2.24, 2.45) is 0 Å². The van der Waals surface area contributed by atoms with Gasteiger partial charge in [-0.2, -0.15) is 0 Å². The molecule has 2 aromatic rings. The summed E-state index contributed by atoms with van der Waals surface area (Å²) in [6, 6.07) is 7.75. The topological polar surface area (TPSA) is 68.5 Å². The van der Waals surface area contributed by atoms with E-state index < -0.39 is 0 Å². The summed E-state index contributed by atoms with van der Waals surface area (Å²) in [5.41, 5.74) is 6.51. The van der Waals surface area contributed by atoms with E-state index in [9.17, 15) is 4.79 Å². The number of anilines is 1. The Labute approximate surface area is 123 Å². The van der Waals surface area contributed by atoms with Gasteiger partial charge in [-0.15, -0.1) is 0 Å². The number of benzene rings is 1. The van der Waals surface area contributed by atoms with Crippen molar-refractivity contribution in [1.82, 2.24) is 9.88 Å². The zero-order valence-electron chi connectivity index (χ0n) is 12.1. The Bertz CT molecular complexity index is 672. The molecule has 1 unspecified atom stereocenters. The molecular formula is C16H19N3O2. The molecule has 1 aromatic heterocycles. The fraction of sp³-hybridized carbons (Fsp3) is 0.375. The Morgan fingerprint density at radius 3 is 2.95 bits per heavy atom. The monoisotopic (exact) mass is 285 g/mol. The number of hydrogen-bond donors (Lipinski definition) is 1. The minimum absolute atomic E-state index is 0.00819. The standard InChI is InChI=1S/C16H19N3O2/c1-2-11-10-21-8-7-19(11)16(20)14-9-18-15(17)13-6-4-3-5-12(13)14/h3-6,9,11H,2,7-8,10H2,1H3,(H2,17,18). The van der Waals surface area contributed by atoms with Crippen LogP contribution in [0.5, 0.6) is 0 Å². The lowest BCUT2D eigenvalue weighted by Gasteiger charge is -2.35. The van der Waals surface area contributed by atoms with E-state index in [-0.39, 0.29) is 11.9 Å². The predicted octanol–water partition coefficient (Wildman–Crippen LogP) is 2.07. The molecule has 0 radical (unpaired) electrons. The number of rotatable bonds is 2. The van der Waals surface area contributed by atoms with Crippen molar-refractivity contribution < 1.29 is 9.53 Å². The smallest absolute Gasteiger partial charge is 0.256 e. The number of amides is 1. The van der Waals surface area contributed by atoms with Gasteiger partial charge in [0.2, 0.25) is 0 Å². The van der Waals surface area contributed by atoms with Crippen molar-refractivity contribution in [2.75, 3.05) is 25.5 Å². The number of nitrogens with two attached hydrogens (primary N) is 1. The Kier molecular flexibility index (Phi) is 3.75. The van der Waals surface area contributed by atoms with Gasteiger partial charge < -0.3 is 15.4 Å². The summed E-state index contributed by atoms with van der Waals surface area (Å²) in [7, 11) is 0. The first kappa shape index (κ1) is 13.8. The van der Waals surface area contributed by atoms with Gasteiger partial charge in [0.25, 0.3) is 5.91 Å². The lowest BCUT2D eigenvalue weighted by atomic mass is 10.0. The maximum atomic E-state index is 12.9. The lowest BCUT2D eigenvalue weighted by molar-refractivity contribution is -0.00271. The van der Waals surface area contributed by atoms with E-state index in [4.69, 9.17) is 10.5 Å². The van der Waals surface area contributed by atoms with Gasteiger partial charge in [0.1, 0.15) is 5.82 Å². The van der Waals surface area contributed by atoms with Gasteiger partial charge in [-0.3, -0.25) is 4.79 Å². The summed E-state index contributed by atoms with van der Waals surface area (Å²) in [5.74, 6) is 0.463. The van der Waals surface area contributed by atoms with Gasteiger partial charge >= 0.3 is 0 Å². The molecule has 0 aliphatic carbocycles. The molecule has 0 spiro atoms. The Morgan fingerprint density at radius 2 is 2.19 bits per heavy atom. The average molecular weight is 285 g/mol. The number of pyridine rings is 1. The SMILES string of the molecule is CCC1COCCN1C(=O)c1cnc(N)c2ccccc12. The number of aromatic nitrogens is 1. The van der Waals surface area contributed by atoms with Crippen molar-refractivity contribution in [3.05, 3.63) is 36.0 Å². The fourth-order valence-corrected chi connectivity index (χ4v) is 2.80. The largest absolute Gasteiger partial charge is 0.383 e. The second kappa shape index (κ2) is 5.69. The molecule has 1 aromatic carbocycles. The Balaban J connectivity index is 2.03. The zero-order chi connectivity index (χ0) is 14.8. The van der Waals surface area contributed by atoms with E-state index in [1.165, 1.54) is 0 Å². The van der Waals surface area contributed by atoms with Crippen molar-refractivity contribution in [2.45, 2.75) is 19.4 Å². The highest BCUT2D eigenvalue weighted by Gasteiger charge is 2.28. The van der Waals surface area contributed by atoms with Gasteiger partial charge in [0, 0.05) is 18.1 Å². The first-order valence-electron chi connectivity index (χ1n) is 7.24. The maximum Gasteiger partial charge on any atom is 0.256 e. The lowest BCUT2D eigenvalue weighted by Crippen LogP contribution is -2.48. The molecule has 5 heteroatoms. The average Bonchev–Trinajstić information content (AvgIpc) is 2.55. The highest BCUT2D eigenvalue weighted by molar-refractivity contribution is 6.09. The third-order valence-corrected chi connectivity index (χ3v) is 4.02. The first-order valence-corrected chi connectivity index (χ1v) is 7.24. The molecule has 1 fully saturated rings. The van der Waals surface area contributed by atoms with Crippen LogP contribution in [0.2, 0.25) is 0 Å². The van der Waals surface area contributed by atoms with Crippen LogP contribution in [-0.2, 0) is 4.74 Å². The molecule has 0 saturated carbocycles. The van der Waals surface area contributed by atoms with Crippen molar-refractivity contribution >= 4 is 22.5 Å². The third-order valence-electron chi connectivity index (χ3n) is 4.02. The molecule has 0 bridgehead atoms. The minimum Gasteiger partial charge on any atom is -0.383 e. The number of ether oxygens (including phenoxy) is 1. The summed E-state index contributed by atoms with van der Waals surface area (Å²) >= 11 is 0. The van der Waals surface area contributed by atoms with E-state index in [1.54, 1.807) is 6.20 Å². The summed E-state index contributed by atoms with van der Waals surface area (Å²) < 4.78 is 5.47. The highest BCUT2D eigenvalue weighted by Crippen LogP contribution is 2.25. The molecular weight excluding hydrogens is 266 g/mol. The van der Waals surface area contributed by atoms with E-state index in [1.807, 2.05) is 29.2 Å². The number of carbonyl (C=O) groups is 1. The van der Waals surface area contributed by atoms with Crippen molar-refractivity contribution in [3.8, 4) is 0 Å². The third kappa shape index (κ3) is 2.45. The zero-order valence-corrected chi connectivity index (χ0v) is 12.1. The minimum atomic E-state index is 0.00819. The molecule has 21 heavy (non-hydrogen) atoms. The molecule has 2 heterocycles. The summed E-state index contributed by atoms with van der Waals surface area (Å²) in [5, 5.41) is 1.68. The number of fused-ring (bicyclic) bond motifs is 1. The van der Waals surface area contributed by atoms with Crippen LogP contribution in [0.1, 0.15) is 23.7 Å².